The lowest BCUT2D eigenvalue weighted by Crippen LogP contribution is -2.40. The molecule has 110 valence electrons. The number of likely N-dealkylation sites (tertiary alicyclic amines) is 1. The molecule has 4 nitrogen and oxygen atoms in total. The van der Waals surface area contributed by atoms with Gasteiger partial charge in [0.25, 0.3) is 0 Å². The number of hydrogen-bond donors (Lipinski definition) is 1. The number of aromatic nitrogens is 2. The molecule has 0 aromatic carbocycles. The van der Waals surface area contributed by atoms with Crippen LogP contribution in [0.25, 0.3) is 5.65 Å². The van der Waals surface area contributed by atoms with Gasteiger partial charge in [0, 0.05) is 38.1 Å². The molecule has 3 rings (SSSR count). The van der Waals surface area contributed by atoms with E-state index in [1.54, 1.807) is 0 Å². The molecule has 1 aliphatic rings. The lowest BCUT2D eigenvalue weighted by atomic mass is 10.1. The van der Waals surface area contributed by atoms with E-state index in [-0.39, 0.29) is 12.4 Å². The van der Waals surface area contributed by atoms with E-state index in [1.807, 2.05) is 29.8 Å². The molecule has 0 unspecified atom stereocenters. The summed E-state index contributed by atoms with van der Waals surface area (Å²) in [4.78, 5) is 7.10. The highest BCUT2D eigenvalue weighted by Gasteiger charge is 2.18. The first kappa shape index (κ1) is 15.6. The minimum Gasteiger partial charge on any atom is -0.317 e. The molecule has 20 heavy (non-hydrogen) atoms. The third-order valence-corrected chi connectivity index (χ3v) is 4.07. The van der Waals surface area contributed by atoms with E-state index in [1.165, 1.54) is 12.8 Å². The van der Waals surface area contributed by atoms with Gasteiger partial charge in [0.2, 0.25) is 0 Å². The van der Waals surface area contributed by atoms with Gasteiger partial charge in [-0.25, -0.2) is 4.98 Å². The van der Waals surface area contributed by atoms with Gasteiger partial charge in [-0.15, -0.1) is 12.4 Å². The lowest BCUT2D eigenvalue weighted by Gasteiger charge is -2.31. The van der Waals surface area contributed by atoms with Crippen LogP contribution in [0.2, 0.25) is 5.02 Å². The molecule has 2 aromatic heterocycles. The molecule has 1 N–H and O–H groups in total. The molecule has 6 heteroatoms. The zero-order chi connectivity index (χ0) is 13.2. The molecule has 0 aliphatic carbocycles. The third-order valence-electron chi connectivity index (χ3n) is 3.85. The Morgan fingerprint density at radius 1 is 1.30 bits per heavy atom. The molecule has 3 heterocycles. The van der Waals surface area contributed by atoms with Crippen LogP contribution in [0.4, 0.5) is 0 Å². The van der Waals surface area contributed by atoms with E-state index in [0.717, 1.165) is 36.0 Å². The van der Waals surface area contributed by atoms with E-state index in [2.05, 4.69) is 21.4 Å². The summed E-state index contributed by atoms with van der Waals surface area (Å²) in [5.74, 6) is 0. The van der Waals surface area contributed by atoms with E-state index in [0.29, 0.717) is 6.04 Å². The first-order chi connectivity index (χ1) is 9.24. The van der Waals surface area contributed by atoms with E-state index in [9.17, 15) is 0 Å². The van der Waals surface area contributed by atoms with Crippen molar-refractivity contribution in [1.82, 2.24) is 19.6 Å². The van der Waals surface area contributed by atoms with Crippen LogP contribution >= 0.6 is 24.0 Å². The Labute approximate surface area is 130 Å². The summed E-state index contributed by atoms with van der Waals surface area (Å²) in [7, 11) is 2.05. The molecule has 0 saturated carbocycles. The second-order valence-electron chi connectivity index (χ2n) is 5.18. The summed E-state index contributed by atoms with van der Waals surface area (Å²) in [6, 6.07) is 4.52. The number of halogens is 2. The summed E-state index contributed by atoms with van der Waals surface area (Å²) in [5, 5.41) is 4.10. The zero-order valence-corrected chi connectivity index (χ0v) is 13.1. The number of pyridine rings is 1. The second-order valence-corrected chi connectivity index (χ2v) is 5.62. The number of nitrogens with one attached hydrogen (secondary N) is 1. The average Bonchev–Trinajstić information content (AvgIpc) is 2.81. The number of fused-ring (bicyclic) bond motifs is 1. The number of piperidine rings is 1. The summed E-state index contributed by atoms with van der Waals surface area (Å²) < 4.78 is 2.00. The molecule has 0 spiro atoms. The molecule has 0 atom stereocenters. The van der Waals surface area contributed by atoms with Crippen LogP contribution < -0.4 is 5.32 Å². The molecular formula is C14H20Cl2N4. The molecule has 0 radical (unpaired) electrons. The monoisotopic (exact) mass is 314 g/mol. The van der Waals surface area contributed by atoms with Gasteiger partial charge in [-0.05, 0) is 32.0 Å². The smallest absolute Gasteiger partial charge is 0.137 e. The molecule has 1 aliphatic heterocycles. The largest absolute Gasteiger partial charge is 0.317 e. The summed E-state index contributed by atoms with van der Waals surface area (Å²) >= 11 is 5.99. The Bertz CT molecular complexity index is 561. The Balaban J connectivity index is 0.00000147. The predicted octanol–water partition coefficient (Wildman–Crippen LogP) is 2.59. The molecule has 1 fully saturated rings. The summed E-state index contributed by atoms with van der Waals surface area (Å²) in [5.41, 5.74) is 2.08. The number of hydrogen-bond acceptors (Lipinski definition) is 3. The van der Waals surface area contributed by atoms with Gasteiger partial charge < -0.3 is 9.72 Å². The highest BCUT2D eigenvalue weighted by molar-refractivity contribution is 6.30. The van der Waals surface area contributed by atoms with E-state index >= 15 is 0 Å². The third kappa shape index (κ3) is 3.44. The minimum absolute atomic E-state index is 0. The van der Waals surface area contributed by atoms with Gasteiger partial charge in [0.1, 0.15) is 5.65 Å². The normalized spacial score (nSPS) is 17.3. The van der Waals surface area contributed by atoms with Gasteiger partial charge in [0.15, 0.2) is 0 Å². The SMILES string of the molecule is CNC1CCN(Cc2cn3cc(Cl)ccc3n2)CC1.Cl. The fourth-order valence-corrected chi connectivity index (χ4v) is 2.87. The standard InChI is InChI=1S/C14H19ClN4.ClH/c1-16-12-4-6-18(7-5-12)9-13-10-19-8-11(15)2-3-14(19)17-13;/h2-3,8,10,12,16H,4-7,9H2,1H3;1H. The second kappa shape index (κ2) is 6.76. The van der Waals surface area contributed by atoms with E-state index < -0.39 is 0 Å². The fourth-order valence-electron chi connectivity index (χ4n) is 2.70. The number of nitrogens with zero attached hydrogens (tertiary/aromatic N) is 3. The summed E-state index contributed by atoms with van der Waals surface area (Å²) in [6.45, 7) is 3.20. The van der Waals surface area contributed by atoms with Crippen LogP contribution in [-0.4, -0.2) is 40.5 Å². The van der Waals surface area contributed by atoms with Crippen molar-refractivity contribution in [2.24, 2.45) is 0 Å². The Morgan fingerprint density at radius 3 is 2.75 bits per heavy atom. The topological polar surface area (TPSA) is 32.6 Å². The maximum absolute atomic E-state index is 5.99. The van der Waals surface area contributed by atoms with E-state index in [4.69, 9.17) is 11.6 Å². The Morgan fingerprint density at radius 2 is 2.05 bits per heavy atom. The first-order valence-corrected chi connectivity index (χ1v) is 7.15. The molecule has 1 saturated heterocycles. The molecule has 0 amide bonds. The van der Waals surface area contributed by atoms with Crippen molar-refractivity contribution in [3.05, 3.63) is 35.2 Å². The van der Waals surface area contributed by atoms with Gasteiger partial charge >= 0.3 is 0 Å². The molecular weight excluding hydrogens is 295 g/mol. The molecule has 2 aromatic rings. The molecule has 0 bridgehead atoms. The van der Waals surface area contributed by atoms with Gasteiger partial charge in [0.05, 0.1) is 10.7 Å². The summed E-state index contributed by atoms with van der Waals surface area (Å²) in [6.07, 6.45) is 6.41. The predicted molar refractivity (Wildman–Crippen MR) is 84.8 cm³/mol. The fraction of sp³-hybridized carbons (Fsp3) is 0.500. The van der Waals surface area contributed by atoms with Crippen LogP contribution in [0.1, 0.15) is 18.5 Å². The van der Waals surface area contributed by atoms with Crippen LogP contribution in [0.3, 0.4) is 0 Å². The number of imidazole rings is 1. The van der Waals surface area contributed by atoms with Crippen LogP contribution in [0.5, 0.6) is 0 Å². The van der Waals surface area contributed by atoms with Crippen LogP contribution in [-0.2, 0) is 6.54 Å². The van der Waals surface area contributed by atoms with Crippen molar-refractivity contribution in [2.75, 3.05) is 20.1 Å². The maximum atomic E-state index is 5.99. The zero-order valence-electron chi connectivity index (χ0n) is 11.6. The van der Waals surface area contributed by atoms with Gasteiger partial charge in [-0.1, -0.05) is 11.6 Å². The minimum atomic E-state index is 0. The van der Waals surface area contributed by atoms with Crippen LogP contribution in [0, 0.1) is 0 Å². The van der Waals surface area contributed by atoms with Crippen LogP contribution in [0.15, 0.2) is 24.5 Å². The highest BCUT2D eigenvalue weighted by Crippen LogP contribution is 2.15. The van der Waals surface area contributed by atoms with Gasteiger partial charge in [-0.3, -0.25) is 4.90 Å². The van der Waals surface area contributed by atoms with Crippen molar-refractivity contribution in [2.45, 2.75) is 25.4 Å². The maximum Gasteiger partial charge on any atom is 0.137 e. The highest BCUT2D eigenvalue weighted by atomic mass is 35.5. The number of rotatable bonds is 3. The first-order valence-electron chi connectivity index (χ1n) is 6.77. The van der Waals surface area contributed by atoms with Gasteiger partial charge in [-0.2, -0.15) is 0 Å². The Kier molecular flexibility index (Phi) is 5.27. The van der Waals surface area contributed by atoms with Crippen molar-refractivity contribution in [3.8, 4) is 0 Å². The Hall–Kier alpha value is -0.810. The lowest BCUT2D eigenvalue weighted by molar-refractivity contribution is 0.193. The quantitative estimate of drug-likeness (QED) is 0.945. The van der Waals surface area contributed by atoms with Crippen molar-refractivity contribution in [3.63, 3.8) is 0 Å². The average molecular weight is 315 g/mol. The van der Waals surface area contributed by atoms with Crippen molar-refractivity contribution < 1.29 is 0 Å². The van der Waals surface area contributed by atoms with Crippen molar-refractivity contribution in [1.29, 1.82) is 0 Å². The van der Waals surface area contributed by atoms with Crippen molar-refractivity contribution >= 4 is 29.7 Å².